The van der Waals surface area contributed by atoms with Crippen LogP contribution in [0.2, 0.25) is 0 Å². The molecule has 26 heavy (non-hydrogen) atoms. The molecule has 3 rings (SSSR count). The summed E-state index contributed by atoms with van der Waals surface area (Å²) in [6.07, 6.45) is 3.96. The number of carbonyl (C=O) groups is 1. The van der Waals surface area contributed by atoms with Crippen LogP contribution >= 0.6 is 0 Å². The summed E-state index contributed by atoms with van der Waals surface area (Å²) >= 11 is 0. The molecule has 142 valence electrons. The molecule has 1 aromatic carbocycles. The summed E-state index contributed by atoms with van der Waals surface area (Å²) < 4.78 is 2.34. The third-order valence-corrected chi connectivity index (χ3v) is 5.28. The van der Waals surface area contributed by atoms with Crippen LogP contribution in [0.5, 0.6) is 0 Å². The average Bonchev–Trinajstić information content (AvgIpc) is 2.94. The molecule has 1 aliphatic rings. The number of fused-ring (bicyclic) bond motifs is 1. The Bertz CT molecular complexity index is 757. The minimum atomic E-state index is 0.0674. The van der Waals surface area contributed by atoms with Crippen molar-refractivity contribution in [3.05, 3.63) is 24.0 Å². The highest BCUT2D eigenvalue weighted by molar-refractivity contribution is 5.93. The second-order valence-corrected chi connectivity index (χ2v) is 7.95. The molecule has 2 heterocycles. The third-order valence-electron chi connectivity index (χ3n) is 5.28. The van der Waals surface area contributed by atoms with Gasteiger partial charge in [-0.1, -0.05) is 13.8 Å². The molecule has 0 atom stereocenters. The number of nitrogens with one attached hydrogen (secondary N) is 1. The Kier molecular flexibility index (Phi) is 5.97. The summed E-state index contributed by atoms with van der Waals surface area (Å²) in [6.45, 7) is 12.0. The molecule has 1 aliphatic heterocycles. The molecule has 1 aromatic heterocycles. The number of carbonyl (C=O) groups excluding carboxylic acids is 1. The number of rotatable bonds is 6. The average molecular weight is 357 g/mol. The number of piperidine rings is 1. The molecule has 0 bridgehead atoms. The van der Waals surface area contributed by atoms with Gasteiger partial charge in [-0.15, -0.1) is 0 Å². The van der Waals surface area contributed by atoms with Gasteiger partial charge in [-0.3, -0.25) is 9.69 Å². The van der Waals surface area contributed by atoms with Gasteiger partial charge in [0.1, 0.15) is 5.82 Å². The van der Waals surface area contributed by atoms with Crippen LogP contribution in [0.25, 0.3) is 11.0 Å². The molecule has 1 N–H and O–H groups in total. The Labute approximate surface area is 156 Å². The highest BCUT2D eigenvalue weighted by Gasteiger charge is 2.20. The maximum absolute atomic E-state index is 11.9. The van der Waals surface area contributed by atoms with Crippen molar-refractivity contribution in [2.75, 3.05) is 18.4 Å². The molecule has 0 aliphatic carbocycles. The van der Waals surface area contributed by atoms with Gasteiger partial charge in [-0.05, 0) is 70.3 Å². The van der Waals surface area contributed by atoms with E-state index in [9.17, 15) is 4.79 Å². The van der Waals surface area contributed by atoms with Crippen LogP contribution in [0, 0.1) is 5.92 Å². The lowest BCUT2D eigenvalue weighted by Gasteiger charge is -2.30. The van der Waals surface area contributed by atoms with Crippen molar-refractivity contribution in [2.45, 2.75) is 66.0 Å². The number of anilines is 1. The molecule has 0 saturated carbocycles. The van der Waals surface area contributed by atoms with Crippen LogP contribution in [-0.4, -0.2) is 33.4 Å². The Balaban J connectivity index is 1.85. The fourth-order valence-corrected chi connectivity index (χ4v) is 3.78. The Morgan fingerprint density at radius 1 is 1.31 bits per heavy atom. The van der Waals surface area contributed by atoms with E-state index in [1.807, 2.05) is 19.1 Å². The molecule has 1 amide bonds. The lowest BCUT2D eigenvalue weighted by molar-refractivity contribution is -0.116. The molecule has 0 radical (unpaired) electrons. The van der Waals surface area contributed by atoms with Crippen molar-refractivity contribution >= 4 is 22.6 Å². The van der Waals surface area contributed by atoms with E-state index >= 15 is 0 Å². The number of hydrogen-bond donors (Lipinski definition) is 1. The fraction of sp³-hybridized carbons (Fsp3) is 0.619. The molecule has 0 spiro atoms. The molecule has 0 unspecified atom stereocenters. The van der Waals surface area contributed by atoms with E-state index in [1.54, 1.807) is 0 Å². The topological polar surface area (TPSA) is 50.2 Å². The maximum atomic E-state index is 11.9. The Hall–Kier alpha value is -1.88. The van der Waals surface area contributed by atoms with Crippen molar-refractivity contribution in [3.63, 3.8) is 0 Å². The highest BCUT2D eigenvalue weighted by Crippen LogP contribution is 2.26. The summed E-state index contributed by atoms with van der Waals surface area (Å²) in [5, 5.41) is 2.98. The summed E-state index contributed by atoms with van der Waals surface area (Å²) in [7, 11) is 0. The van der Waals surface area contributed by atoms with Crippen LogP contribution in [0.3, 0.4) is 0 Å². The second-order valence-electron chi connectivity index (χ2n) is 7.95. The van der Waals surface area contributed by atoms with Gasteiger partial charge < -0.3 is 9.88 Å². The number of nitrogens with zero attached hydrogens (tertiary/aromatic N) is 3. The van der Waals surface area contributed by atoms with Crippen molar-refractivity contribution in [1.29, 1.82) is 0 Å². The molecular formula is C21H32N4O. The van der Waals surface area contributed by atoms with E-state index in [4.69, 9.17) is 4.98 Å². The van der Waals surface area contributed by atoms with Crippen molar-refractivity contribution in [2.24, 2.45) is 5.92 Å². The number of hydrogen-bond acceptors (Lipinski definition) is 3. The van der Waals surface area contributed by atoms with Gasteiger partial charge in [0.2, 0.25) is 5.91 Å². The van der Waals surface area contributed by atoms with E-state index in [1.165, 1.54) is 12.8 Å². The van der Waals surface area contributed by atoms with Gasteiger partial charge in [0, 0.05) is 18.2 Å². The minimum absolute atomic E-state index is 0.0674. The van der Waals surface area contributed by atoms with Gasteiger partial charge in [-0.2, -0.15) is 0 Å². The standard InChI is InChI=1S/C21H32N4O/c1-5-6-21(26)22-17-7-8-19-18(13-17)23-20(25(19)15(2)3)14-24-11-9-16(4)10-12-24/h7-8,13,15-16H,5-6,9-12,14H2,1-4H3,(H,22,26). The van der Waals surface area contributed by atoms with E-state index in [0.29, 0.717) is 12.5 Å². The number of imidazole rings is 1. The second kappa shape index (κ2) is 8.21. The molecule has 2 aromatic rings. The predicted octanol–water partition coefficient (Wildman–Crippen LogP) is 4.59. The van der Waals surface area contributed by atoms with E-state index < -0.39 is 0 Å². The minimum Gasteiger partial charge on any atom is -0.326 e. The quantitative estimate of drug-likeness (QED) is 0.824. The molecule has 1 fully saturated rings. The first kappa shape index (κ1) is 18.9. The first-order valence-electron chi connectivity index (χ1n) is 10.0. The summed E-state index contributed by atoms with van der Waals surface area (Å²) in [6, 6.07) is 6.44. The van der Waals surface area contributed by atoms with Crippen LogP contribution < -0.4 is 5.32 Å². The molecule has 5 nitrogen and oxygen atoms in total. The summed E-state index contributed by atoms with van der Waals surface area (Å²) in [5.41, 5.74) is 2.95. The first-order chi connectivity index (χ1) is 12.5. The van der Waals surface area contributed by atoms with Crippen molar-refractivity contribution < 1.29 is 4.79 Å². The van der Waals surface area contributed by atoms with E-state index in [2.05, 4.69) is 41.6 Å². The number of aromatic nitrogens is 2. The largest absolute Gasteiger partial charge is 0.326 e. The Morgan fingerprint density at radius 2 is 2.04 bits per heavy atom. The number of amides is 1. The van der Waals surface area contributed by atoms with Crippen molar-refractivity contribution in [1.82, 2.24) is 14.5 Å². The summed E-state index contributed by atoms with van der Waals surface area (Å²) in [4.78, 5) is 19.3. The smallest absolute Gasteiger partial charge is 0.224 e. The van der Waals surface area contributed by atoms with Crippen molar-refractivity contribution in [3.8, 4) is 0 Å². The Morgan fingerprint density at radius 3 is 2.69 bits per heavy atom. The molecule has 1 saturated heterocycles. The van der Waals surface area contributed by atoms with Crippen LogP contribution in [0.15, 0.2) is 18.2 Å². The lowest BCUT2D eigenvalue weighted by Crippen LogP contribution is -2.33. The van der Waals surface area contributed by atoms with Gasteiger partial charge in [0.25, 0.3) is 0 Å². The lowest BCUT2D eigenvalue weighted by atomic mass is 9.99. The third kappa shape index (κ3) is 4.26. The van der Waals surface area contributed by atoms with Gasteiger partial charge >= 0.3 is 0 Å². The van der Waals surface area contributed by atoms with Gasteiger partial charge in [0.15, 0.2) is 0 Å². The van der Waals surface area contributed by atoms with E-state index in [0.717, 1.165) is 54.5 Å². The molecule has 5 heteroatoms. The van der Waals surface area contributed by atoms with Crippen LogP contribution in [0.4, 0.5) is 5.69 Å². The van der Waals surface area contributed by atoms with Crippen LogP contribution in [-0.2, 0) is 11.3 Å². The normalized spacial score (nSPS) is 16.5. The first-order valence-corrected chi connectivity index (χ1v) is 10.0. The van der Waals surface area contributed by atoms with Gasteiger partial charge in [-0.25, -0.2) is 4.98 Å². The predicted molar refractivity (Wildman–Crippen MR) is 107 cm³/mol. The maximum Gasteiger partial charge on any atom is 0.224 e. The molecular weight excluding hydrogens is 324 g/mol. The fourth-order valence-electron chi connectivity index (χ4n) is 3.78. The SMILES string of the molecule is CCCC(=O)Nc1ccc2c(c1)nc(CN1CCC(C)CC1)n2C(C)C. The zero-order valence-electron chi connectivity index (χ0n) is 16.6. The zero-order valence-corrected chi connectivity index (χ0v) is 16.6. The summed E-state index contributed by atoms with van der Waals surface area (Å²) in [5.74, 6) is 2.03. The monoisotopic (exact) mass is 356 g/mol. The van der Waals surface area contributed by atoms with Gasteiger partial charge in [0.05, 0.1) is 17.6 Å². The van der Waals surface area contributed by atoms with E-state index in [-0.39, 0.29) is 5.91 Å². The van der Waals surface area contributed by atoms with Crippen LogP contribution in [0.1, 0.15) is 65.2 Å². The number of benzene rings is 1. The highest BCUT2D eigenvalue weighted by atomic mass is 16.1. The zero-order chi connectivity index (χ0) is 18.7. The number of likely N-dealkylation sites (tertiary alicyclic amines) is 1.